The predicted molar refractivity (Wildman–Crippen MR) is 50.3 cm³/mol. The first-order chi connectivity index (χ1) is 6.20. The fraction of sp³-hybridized carbons (Fsp3) is 0.889. The van der Waals surface area contributed by atoms with Crippen molar-refractivity contribution in [2.24, 2.45) is 5.73 Å². The van der Waals surface area contributed by atoms with Crippen molar-refractivity contribution < 1.29 is 9.90 Å². The molecule has 0 aromatic heterocycles. The lowest BCUT2D eigenvalue weighted by molar-refractivity contribution is -0.137. The Labute approximate surface area is 78.7 Å². The number of hydrogen-bond acceptors (Lipinski definition) is 3. The zero-order chi connectivity index (χ0) is 9.68. The van der Waals surface area contributed by atoms with Gasteiger partial charge in [-0.05, 0) is 32.2 Å². The van der Waals surface area contributed by atoms with Crippen molar-refractivity contribution in [2.75, 3.05) is 13.1 Å². The lowest BCUT2D eigenvalue weighted by Gasteiger charge is -2.32. The van der Waals surface area contributed by atoms with Crippen molar-refractivity contribution in [2.45, 2.75) is 38.3 Å². The van der Waals surface area contributed by atoms with E-state index in [9.17, 15) is 4.79 Å². The lowest BCUT2D eigenvalue weighted by Crippen LogP contribution is -2.45. The summed E-state index contributed by atoms with van der Waals surface area (Å²) in [5.74, 6) is -0.717. The van der Waals surface area contributed by atoms with Crippen LogP contribution >= 0.6 is 0 Å². The van der Waals surface area contributed by atoms with Gasteiger partial charge in [-0.15, -0.1) is 0 Å². The summed E-state index contributed by atoms with van der Waals surface area (Å²) >= 11 is 0. The molecule has 1 atom stereocenters. The molecule has 1 heterocycles. The maximum Gasteiger partial charge on any atom is 0.303 e. The number of nitrogens with zero attached hydrogens (tertiary/aromatic N) is 1. The van der Waals surface area contributed by atoms with Gasteiger partial charge in [0.15, 0.2) is 0 Å². The van der Waals surface area contributed by atoms with E-state index in [1.807, 2.05) is 0 Å². The molecule has 76 valence electrons. The predicted octanol–water partition coefficient (Wildman–Crippen LogP) is 0.622. The van der Waals surface area contributed by atoms with Crippen LogP contribution in [0.15, 0.2) is 0 Å². The molecule has 0 bridgehead atoms. The number of carboxylic acid groups (broad SMARTS) is 1. The SMILES string of the molecule is NC1CCCCN1CCCC(=O)O. The normalized spacial score (nSPS) is 24.5. The number of rotatable bonds is 4. The summed E-state index contributed by atoms with van der Waals surface area (Å²) in [6, 6.07) is 0. The van der Waals surface area contributed by atoms with Gasteiger partial charge in [-0.25, -0.2) is 0 Å². The molecule has 1 fully saturated rings. The van der Waals surface area contributed by atoms with Gasteiger partial charge < -0.3 is 10.8 Å². The topological polar surface area (TPSA) is 66.6 Å². The van der Waals surface area contributed by atoms with Crippen LogP contribution in [0, 0.1) is 0 Å². The summed E-state index contributed by atoms with van der Waals surface area (Å²) in [4.78, 5) is 12.5. The van der Waals surface area contributed by atoms with Crippen LogP contribution in [-0.4, -0.2) is 35.2 Å². The van der Waals surface area contributed by atoms with Gasteiger partial charge in [-0.3, -0.25) is 9.69 Å². The summed E-state index contributed by atoms with van der Waals surface area (Å²) in [5.41, 5.74) is 5.87. The number of nitrogens with two attached hydrogens (primary N) is 1. The van der Waals surface area contributed by atoms with Crippen LogP contribution in [0.2, 0.25) is 0 Å². The van der Waals surface area contributed by atoms with Crippen LogP contribution < -0.4 is 5.73 Å². The summed E-state index contributed by atoms with van der Waals surface area (Å²) in [5, 5.41) is 8.46. The van der Waals surface area contributed by atoms with E-state index in [-0.39, 0.29) is 12.6 Å². The standard InChI is InChI=1S/C9H18N2O2/c10-8-4-1-2-6-11(8)7-3-5-9(12)13/h8H,1-7,10H2,(H,12,13). The molecule has 13 heavy (non-hydrogen) atoms. The first kappa shape index (κ1) is 10.5. The molecule has 0 amide bonds. The molecule has 1 aliphatic rings. The van der Waals surface area contributed by atoms with E-state index in [1.54, 1.807) is 0 Å². The number of aliphatic carboxylic acids is 1. The molecular weight excluding hydrogens is 168 g/mol. The summed E-state index contributed by atoms with van der Waals surface area (Å²) < 4.78 is 0. The Morgan fingerprint density at radius 3 is 2.92 bits per heavy atom. The molecule has 1 saturated heterocycles. The third kappa shape index (κ3) is 3.74. The molecule has 0 aromatic rings. The van der Waals surface area contributed by atoms with Crippen LogP contribution in [-0.2, 0) is 4.79 Å². The molecule has 3 N–H and O–H groups in total. The minimum Gasteiger partial charge on any atom is -0.481 e. The van der Waals surface area contributed by atoms with Gasteiger partial charge in [0, 0.05) is 13.0 Å². The molecule has 0 aliphatic carbocycles. The Bertz CT molecular complexity index is 173. The monoisotopic (exact) mass is 186 g/mol. The molecule has 0 saturated carbocycles. The quantitative estimate of drug-likeness (QED) is 0.675. The molecule has 4 heteroatoms. The van der Waals surface area contributed by atoms with Crippen molar-refractivity contribution in [3.8, 4) is 0 Å². The van der Waals surface area contributed by atoms with E-state index in [0.29, 0.717) is 6.42 Å². The highest BCUT2D eigenvalue weighted by atomic mass is 16.4. The van der Waals surface area contributed by atoms with Crippen LogP contribution in [0.1, 0.15) is 32.1 Å². The summed E-state index contributed by atoms with van der Waals surface area (Å²) in [7, 11) is 0. The van der Waals surface area contributed by atoms with Crippen molar-refractivity contribution in [3.05, 3.63) is 0 Å². The van der Waals surface area contributed by atoms with Crippen molar-refractivity contribution >= 4 is 5.97 Å². The zero-order valence-electron chi connectivity index (χ0n) is 7.91. The van der Waals surface area contributed by atoms with Crippen LogP contribution in [0.3, 0.4) is 0 Å². The van der Waals surface area contributed by atoms with Gasteiger partial charge >= 0.3 is 5.97 Å². The highest BCUT2D eigenvalue weighted by Gasteiger charge is 2.17. The largest absolute Gasteiger partial charge is 0.481 e. The van der Waals surface area contributed by atoms with Gasteiger partial charge in [-0.2, -0.15) is 0 Å². The van der Waals surface area contributed by atoms with E-state index < -0.39 is 5.97 Å². The van der Waals surface area contributed by atoms with E-state index in [1.165, 1.54) is 12.8 Å². The average molecular weight is 186 g/mol. The highest BCUT2D eigenvalue weighted by molar-refractivity contribution is 5.66. The van der Waals surface area contributed by atoms with Gasteiger partial charge in [0.25, 0.3) is 0 Å². The maximum absolute atomic E-state index is 10.3. The number of likely N-dealkylation sites (tertiary alicyclic amines) is 1. The van der Waals surface area contributed by atoms with Gasteiger partial charge in [0.05, 0.1) is 6.17 Å². The zero-order valence-corrected chi connectivity index (χ0v) is 7.91. The van der Waals surface area contributed by atoms with Crippen molar-refractivity contribution in [1.82, 2.24) is 4.90 Å². The molecule has 0 aromatic carbocycles. The van der Waals surface area contributed by atoms with Gasteiger partial charge in [-0.1, -0.05) is 0 Å². The van der Waals surface area contributed by atoms with Gasteiger partial charge in [0.1, 0.15) is 0 Å². The second-order valence-electron chi connectivity index (χ2n) is 3.60. The molecule has 4 nitrogen and oxygen atoms in total. The molecule has 1 rings (SSSR count). The smallest absolute Gasteiger partial charge is 0.303 e. The average Bonchev–Trinajstić information content (AvgIpc) is 2.08. The molecule has 0 spiro atoms. The van der Waals surface area contributed by atoms with E-state index in [0.717, 1.165) is 19.5 Å². The Morgan fingerprint density at radius 1 is 1.54 bits per heavy atom. The lowest BCUT2D eigenvalue weighted by atomic mass is 10.1. The molecule has 1 aliphatic heterocycles. The Hall–Kier alpha value is -0.610. The molecular formula is C9H18N2O2. The maximum atomic E-state index is 10.3. The number of carbonyl (C=O) groups is 1. The van der Waals surface area contributed by atoms with E-state index in [2.05, 4.69) is 4.90 Å². The third-order valence-corrected chi connectivity index (χ3v) is 2.50. The minimum absolute atomic E-state index is 0.155. The Morgan fingerprint density at radius 2 is 2.31 bits per heavy atom. The summed E-state index contributed by atoms with van der Waals surface area (Å²) in [6.45, 7) is 1.86. The van der Waals surface area contributed by atoms with Crippen molar-refractivity contribution in [1.29, 1.82) is 0 Å². The van der Waals surface area contributed by atoms with Crippen LogP contribution in [0.4, 0.5) is 0 Å². The highest BCUT2D eigenvalue weighted by Crippen LogP contribution is 2.13. The van der Waals surface area contributed by atoms with Crippen LogP contribution in [0.5, 0.6) is 0 Å². The Kier molecular flexibility index (Phi) is 4.18. The minimum atomic E-state index is -0.717. The third-order valence-electron chi connectivity index (χ3n) is 2.50. The fourth-order valence-electron chi connectivity index (χ4n) is 1.73. The Balaban J connectivity index is 2.15. The number of carboxylic acids is 1. The molecule has 0 radical (unpaired) electrons. The molecule has 1 unspecified atom stereocenters. The van der Waals surface area contributed by atoms with E-state index >= 15 is 0 Å². The second kappa shape index (κ2) is 5.19. The number of piperidine rings is 1. The summed E-state index contributed by atoms with van der Waals surface area (Å²) in [6.07, 6.45) is 4.57. The first-order valence-corrected chi connectivity index (χ1v) is 4.91. The van der Waals surface area contributed by atoms with Crippen molar-refractivity contribution in [3.63, 3.8) is 0 Å². The van der Waals surface area contributed by atoms with Gasteiger partial charge in [0.2, 0.25) is 0 Å². The second-order valence-corrected chi connectivity index (χ2v) is 3.60. The van der Waals surface area contributed by atoms with E-state index in [4.69, 9.17) is 10.8 Å². The fourth-order valence-corrected chi connectivity index (χ4v) is 1.73. The number of hydrogen-bond donors (Lipinski definition) is 2. The first-order valence-electron chi connectivity index (χ1n) is 4.91. The van der Waals surface area contributed by atoms with Crippen LogP contribution in [0.25, 0.3) is 0 Å².